The maximum atomic E-state index is 12.6. The number of amides is 1. The van der Waals surface area contributed by atoms with Crippen LogP contribution in [0.1, 0.15) is 49.3 Å². The van der Waals surface area contributed by atoms with Gasteiger partial charge in [-0.1, -0.05) is 13.8 Å². The Morgan fingerprint density at radius 3 is 2.67 bits per heavy atom. The van der Waals surface area contributed by atoms with E-state index in [-0.39, 0.29) is 11.4 Å². The van der Waals surface area contributed by atoms with Gasteiger partial charge in [-0.05, 0) is 48.9 Å². The SMILES string of the molecule is Cc1cc2occ(CC(=O)NCC3(N4CCOCC4)CC3)c2cc1C(C)C. The molecule has 1 aliphatic carbocycles. The molecule has 146 valence electrons. The lowest BCUT2D eigenvalue weighted by Gasteiger charge is -2.35. The van der Waals surface area contributed by atoms with Crippen LogP contribution in [0.4, 0.5) is 0 Å². The van der Waals surface area contributed by atoms with E-state index in [1.165, 1.54) is 24.0 Å². The highest BCUT2D eigenvalue weighted by atomic mass is 16.5. The average molecular weight is 370 g/mol. The van der Waals surface area contributed by atoms with Crippen molar-refractivity contribution in [2.75, 3.05) is 32.8 Å². The van der Waals surface area contributed by atoms with Crippen LogP contribution in [0.2, 0.25) is 0 Å². The number of nitrogens with zero attached hydrogens (tertiary/aromatic N) is 1. The molecule has 1 aliphatic heterocycles. The lowest BCUT2D eigenvalue weighted by molar-refractivity contribution is -0.120. The molecule has 27 heavy (non-hydrogen) atoms. The van der Waals surface area contributed by atoms with Gasteiger partial charge < -0.3 is 14.5 Å². The third-order valence-electron chi connectivity index (χ3n) is 6.14. The first-order valence-corrected chi connectivity index (χ1v) is 10.1. The summed E-state index contributed by atoms with van der Waals surface area (Å²) in [6, 6.07) is 4.28. The Hall–Kier alpha value is -1.85. The molecule has 5 nitrogen and oxygen atoms in total. The first-order chi connectivity index (χ1) is 13.0. The Balaban J connectivity index is 1.42. The van der Waals surface area contributed by atoms with Gasteiger partial charge in [0.15, 0.2) is 0 Å². The topological polar surface area (TPSA) is 54.7 Å². The van der Waals surface area contributed by atoms with Crippen molar-refractivity contribution in [2.45, 2.75) is 51.5 Å². The maximum Gasteiger partial charge on any atom is 0.224 e. The maximum absolute atomic E-state index is 12.6. The second-order valence-corrected chi connectivity index (χ2v) is 8.40. The van der Waals surface area contributed by atoms with Crippen molar-refractivity contribution in [1.82, 2.24) is 10.2 Å². The summed E-state index contributed by atoms with van der Waals surface area (Å²) in [7, 11) is 0. The van der Waals surface area contributed by atoms with E-state index < -0.39 is 0 Å². The molecule has 0 unspecified atom stereocenters. The van der Waals surface area contributed by atoms with Crippen LogP contribution in [0.3, 0.4) is 0 Å². The van der Waals surface area contributed by atoms with Crippen LogP contribution in [0.25, 0.3) is 11.0 Å². The van der Waals surface area contributed by atoms with Crippen LogP contribution in [-0.2, 0) is 16.0 Å². The van der Waals surface area contributed by atoms with Crippen LogP contribution in [0.15, 0.2) is 22.8 Å². The zero-order chi connectivity index (χ0) is 19.0. The summed E-state index contributed by atoms with van der Waals surface area (Å²) in [6.45, 7) is 10.8. The number of hydrogen-bond donors (Lipinski definition) is 1. The Labute approximate surface area is 161 Å². The number of nitrogens with one attached hydrogen (secondary N) is 1. The van der Waals surface area contributed by atoms with Crippen LogP contribution >= 0.6 is 0 Å². The zero-order valence-electron chi connectivity index (χ0n) is 16.6. The molecular weight excluding hydrogens is 340 g/mol. The number of carbonyl (C=O) groups is 1. The fraction of sp³-hybridized carbons (Fsp3) is 0.591. The van der Waals surface area contributed by atoms with Gasteiger partial charge in [0, 0.05) is 36.1 Å². The molecule has 2 aromatic rings. The van der Waals surface area contributed by atoms with Gasteiger partial charge in [0.05, 0.1) is 25.9 Å². The molecule has 4 rings (SSSR count). The largest absolute Gasteiger partial charge is 0.464 e. The quantitative estimate of drug-likeness (QED) is 0.847. The van der Waals surface area contributed by atoms with Crippen LogP contribution in [0.5, 0.6) is 0 Å². The minimum Gasteiger partial charge on any atom is -0.464 e. The van der Waals surface area contributed by atoms with Crippen molar-refractivity contribution in [3.8, 4) is 0 Å². The first kappa shape index (κ1) is 18.5. The summed E-state index contributed by atoms with van der Waals surface area (Å²) in [4.78, 5) is 15.1. The van der Waals surface area contributed by atoms with E-state index in [1.807, 2.05) is 0 Å². The first-order valence-electron chi connectivity index (χ1n) is 10.1. The highest BCUT2D eigenvalue weighted by molar-refractivity contribution is 5.88. The molecule has 1 aromatic heterocycles. The third-order valence-corrected chi connectivity index (χ3v) is 6.14. The number of ether oxygens (including phenoxy) is 1. The number of furan rings is 1. The summed E-state index contributed by atoms with van der Waals surface area (Å²) in [5.74, 6) is 0.526. The van der Waals surface area contributed by atoms with E-state index >= 15 is 0 Å². The Morgan fingerprint density at radius 1 is 1.26 bits per heavy atom. The lowest BCUT2D eigenvalue weighted by Crippen LogP contribution is -2.50. The standard InChI is InChI=1S/C22H30N2O3/c1-15(2)18-12-19-17(13-27-20(19)10-16(18)3)11-21(25)23-14-22(4-5-22)24-6-8-26-9-7-24/h10,12-13,15H,4-9,11,14H2,1-3H3,(H,23,25). The van der Waals surface area contributed by atoms with Crippen LogP contribution in [-0.4, -0.2) is 49.2 Å². The van der Waals surface area contributed by atoms with Crippen molar-refractivity contribution in [2.24, 2.45) is 0 Å². The highest BCUT2D eigenvalue weighted by Crippen LogP contribution is 2.41. The van der Waals surface area contributed by atoms with Gasteiger partial charge in [-0.2, -0.15) is 0 Å². The van der Waals surface area contributed by atoms with E-state index in [0.29, 0.717) is 12.3 Å². The van der Waals surface area contributed by atoms with Crippen molar-refractivity contribution in [3.05, 3.63) is 35.1 Å². The number of aryl methyl sites for hydroxylation is 1. The molecule has 5 heteroatoms. The number of benzene rings is 1. The molecule has 1 saturated carbocycles. The van der Waals surface area contributed by atoms with Gasteiger partial charge in [-0.15, -0.1) is 0 Å². The summed E-state index contributed by atoms with van der Waals surface area (Å²) >= 11 is 0. The van der Waals surface area contributed by atoms with Gasteiger partial charge in [-0.3, -0.25) is 9.69 Å². The van der Waals surface area contributed by atoms with E-state index in [1.54, 1.807) is 6.26 Å². The molecule has 0 bridgehead atoms. The number of hydrogen-bond acceptors (Lipinski definition) is 4. The zero-order valence-corrected chi connectivity index (χ0v) is 16.6. The smallest absolute Gasteiger partial charge is 0.224 e. The molecule has 2 fully saturated rings. The molecule has 1 saturated heterocycles. The Morgan fingerprint density at radius 2 is 2.00 bits per heavy atom. The summed E-state index contributed by atoms with van der Waals surface area (Å²) < 4.78 is 11.2. The Bertz CT molecular complexity index is 829. The van der Waals surface area contributed by atoms with E-state index in [2.05, 4.69) is 43.1 Å². The van der Waals surface area contributed by atoms with Gasteiger partial charge in [-0.25, -0.2) is 0 Å². The molecule has 2 aliphatic rings. The highest BCUT2D eigenvalue weighted by Gasteiger charge is 2.48. The normalized spacial score (nSPS) is 19.6. The second kappa shape index (κ2) is 7.28. The molecular formula is C22H30N2O3. The fourth-order valence-corrected chi connectivity index (χ4v) is 4.29. The molecule has 0 atom stereocenters. The number of rotatable bonds is 6. The van der Waals surface area contributed by atoms with Crippen molar-refractivity contribution in [3.63, 3.8) is 0 Å². The molecule has 1 N–H and O–H groups in total. The number of fused-ring (bicyclic) bond motifs is 1. The summed E-state index contributed by atoms with van der Waals surface area (Å²) in [5, 5.41) is 4.24. The monoisotopic (exact) mass is 370 g/mol. The lowest BCUT2D eigenvalue weighted by atomic mass is 9.95. The number of carbonyl (C=O) groups excluding carboxylic acids is 1. The van der Waals surface area contributed by atoms with E-state index in [0.717, 1.165) is 49.4 Å². The predicted octanol–water partition coefficient (Wildman–Crippen LogP) is 3.39. The third kappa shape index (κ3) is 3.76. The number of morpholine rings is 1. The van der Waals surface area contributed by atoms with E-state index in [9.17, 15) is 4.79 Å². The second-order valence-electron chi connectivity index (χ2n) is 8.40. The van der Waals surface area contributed by atoms with Gasteiger partial charge in [0.2, 0.25) is 5.91 Å². The van der Waals surface area contributed by atoms with Crippen molar-refractivity contribution >= 4 is 16.9 Å². The van der Waals surface area contributed by atoms with Gasteiger partial charge >= 0.3 is 0 Å². The van der Waals surface area contributed by atoms with Gasteiger partial charge in [0.1, 0.15) is 5.58 Å². The molecule has 0 spiro atoms. The predicted molar refractivity (Wildman–Crippen MR) is 106 cm³/mol. The fourth-order valence-electron chi connectivity index (χ4n) is 4.29. The molecule has 1 amide bonds. The van der Waals surface area contributed by atoms with Crippen molar-refractivity contribution < 1.29 is 13.9 Å². The van der Waals surface area contributed by atoms with Gasteiger partial charge in [0.25, 0.3) is 0 Å². The average Bonchev–Trinajstić information content (AvgIpc) is 3.37. The molecule has 2 heterocycles. The Kier molecular flexibility index (Phi) is 4.99. The van der Waals surface area contributed by atoms with Crippen molar-refractivity contribution in [1.29, 1.82) is 0 Å². The molecule has 1 aromatic carbocycles. The van der Waals surface area contributed by atoms with Crippen LogP contribution < -0.4 is 5.32 Å². The van der Waals surface area contributed by atoms with Crippen LogP contribution in [0, 0.1) is 6.92 Å². The molecule has 0 radical (unpaired) electrons. The summed E-state index contributed by atoms with van der Waals surface area (Å²) in [5.41, 5.74) is 4.56. The summed E-state index contributed by atoms with van der Waals surface area (Å²) in [6.07, 6.45) is 4.44. The van der Waals surface area contributed by atoms with E-state index in [4.69, 9.17) is 9.15 Å². The minimum absolute atomic E-state index is 0.0731. The minimum atomic E-state index is 0.0731.